The number of pyridine rings is 1. The number of aromatic nitrogens is 1. The van der Waals surface area contributed by atoms with Crippen molar-refractivity contribution >= 4 is 11.6 Å². The number of nitrogens with two attached hydrogens (primary N) is 1. The molecule has 2 atom stereocenters. The van der Waals surface area contributed by atoms with Gasteiger partial charge in [0.15, 0.2) is 0 Å². The van der Waals surface area contributed by atoms with Crippen LogP contribution in [-0.4, -0.2) is 11.0 Å². The number of benzene rings is 1. The van der Waals surface area contributed by atoms with Crippen LogP contribution in [0.5, 0.6) is 0 Å². The lowest BCUT2D eigenvalue weighted by atomic mass is 9.72. The lowest BCUT2D eigenvalue weighted by Gasteiger charge is -2.36. The molecule has 1 aliphatic carbocycles. The first-order valence-corrected chi connectivity index (χ1v) is 6.79. The predicted octanol–water partition coefficient (Wildman–Crippen LogP) is 2.45. The highest BCUT2D eigenvalue weighted by molar-refractivity contribution is 6.31. The second kappa shape index (κ2) is 5.29. The lowest BCUT2D eigenvalue weighted by Crippen LogP contribution is -2.45. The van der Waals surface area contributed by atoms with Gasteiger partial charge in [0.25, 0.3) is 0 Å². The van der Waals surface area contributed by atoms with Crippen molar-refractivity contribution in [2.75, 3.05) is 0 Å². The van der Waals surface area contributed by atoms with E-state index in [0.717, 1.165) is 18.4 Å². The molecule has 0 radical (unpaired) electrons. The van der Waals surface area contributed by atoms with Gasteiger partial charge in [-0.2, -0.15) is 0 Å². The third-order valence-corrected chi connectivity index (χ3v) is 4.23. The Kier molecular flexibility index (Phi) is 3.51. The van der Waals surface area contributed by atoms with Gasteiger partial charge in [0.05, 0.1) is 5.02 Å². The molecule has 1 aliphatic rings. The summed E-state index contributed by atoms with van der Waals surface area (Å²) >= 11 is 6.16. The minimum Gasteiger partial charge on any atom is -0.271 e. The van der Waals surface area contributed by atoms with Crippen LogP contribution in [0.3, 0.4) is 0 Å². The van der Waals surface area contributed by atoms with Crippen molar-refractivity contribution < 1.29 is 0 Å². The topological polar surface area (TPSA) is 50.9 Å². The zero-order valence-electron chi connectivity index (χ0n) is 10.5. The second-order valence-corrected chi connectivity index (χ2v) is 5.36. The van der Waals surface area contributed by atoms with Gasteiger partial charge in [-0.15, -0.1) is 0 Å². The molecule has 3 rings (SSSR count). The maximum atomic E-state index is 6.16. The first-order valence-electron chi connectivity index (χ1n) is 6.42. The van der Waals surface area contributed by atoms with E-state index < -0.39 is 0 Å². The molecule has 0 spiro atoms. The van der Waals surface area contributed by atoms with Gasteiger partial charge in [-0.05, 0) is 35.6 Å². The number of hydrogen-bond donors (Lipinski definition) is 2. The Morgan fingerprint density at radius 2 is 2.21 bits per heavy atom. The summed E-state index contributed by atoms with van der Waals surface area (Å²) in [4.78, 5) is 4.01. The summed E-state index contributed by atoms with van der Waals surface area (Å²) in [5.41, 5.74) is 6.85. The van der Waals surface area contributed by atoms with Crippen molar-refractivity contribution in [1.29, 1.82) is 0 Å². The van der Waals surface area contributed by atoms with Gasteiger partial charge < -0.3 is 0 Å². The molecule has 0 amide bonds. The number of rotatable bonds is 4. The van der Waals surface area contributed by atoms with Crippen LogP contribution in [0.25, 0.3) is 0 Å². The van der Waals surface area contributed by atoms with Crippen molar-refractivity contribution in [3.05, 3.63) is 64.4 Å². The van der Waals surface area contributed by atoms with Crippen LogP contribution in [0.1, 0.15) is 22.6 Å². The Morgan fingerprint density at radius 3 is 2.95 bits per heavy atom. The van der Waals surface area contributed by atoms with Crippen molar-refractivity contribution in [3.63, 3.8) is 0 Å². The molecule has 0 fully saturated rings. The number of halogens is 1. The summed E-state index contributed by atoms with van der Waals surface area (Å²) in [7, 11) is 0. The normalized spacial score (nSPS) is 18.5. The molecule has 1 aromatic heterocycles. The standard InChI is InChI=1S/C15H16ClN3/c16-14-9-18-6-5-11(14)8-15(19-17)13-7-10-3-1-2-4-12(10)13/h1-6,9,13,15,19H,7-8,17H2. The van der Waals surface area contributed by atoms with E-state index in [1.165, 1.54) is 11.1 Å². The Balaban J connectivity index is 1.79. The highest BCUT2D eigenvalue weighted by Gasteiger charge is 2.32. The molecule has 0 saturated carbocycles. The average molecular weight is 274 g/mol. The highest BCUT2D eigenvalue weighted by atomic mass is 35.5. The van der Waals surface area contributed by atoms with Crippen molar-refractivity contribution in [2.24, 2.45) is 5.84 Å². The van der Waals surface area contributed by atoms with Gasteiger partial charge in [-0.25, -0.2) is 0 Å². The summed E-state index contributed by atoms with van der Waals surface area (Å²) in [6.07, 6.45) is 5.34. The lowest BCUT2D eigenvalue weighted by molar-refractivity contribution is 0.404. The second-order valence-electron chi connectivity index (χ2n) is 4.95. The molecule has 0 saturated heterocycles. The first kappa shape index (κ1) is 12.6. The summed E-state index contributed by atoms with van der Waals surface area (Å²) in [6, 6.07) is 10.7. The van der Waals surface area contributed by atoms with Gasteiger partial charge in [0.1, 0.15) is 0 Å². The molecule has 2 aromatic rings. The minimum absolute atomic E-state index is 0.204. The van der Waals surface area contributed by atoms with Crippen LogP contribution >= 0.6 is 11.6 Å². The van der Waals surface area contributed by atoms with E-state index in [1.807, 2.05) is 6.07 Å². The van der Waals surface area contributed by atoms with Crippen LogP contribution in [0.2, 0.25) is 5.02 Å². The Morgan fingerprint density at radius 1 is 1.37 bits per heavy atom. The smallest absolute Gasteiger partial charge is 0.0621 e. The Bertz CT molecular complexity index is 585. The van der Waals surface area contributed by atoms with E-state index in [2.05, 4.69) is 34.7 Å². The van der Waals surface area contributed by atoms with Gasteiger partial charge in [-0.1, -0.05) is 35.9 Å². The summed E-state index contributed by atoms with van der Waals surface area (Å²) < 4.78 is 0. The summed E-state index contributed by atoms with van der Waals surface area (Å²) in [5, 5.41) is 0.704. The largest absolute Gasteiger partial charge is 0.271 e. The summed E-state index contributed by atoms with van der Waals surface area (Å²) in [6.45, 7) is 0. The highest BCUT2D eigenvalue weighted by Crippen LogP contribution is 2.38. The van der Waals surface area contributed by atoms with Crippen molar-refractivity contribution in [1.82, 2.24) is 10.4 Å². The number of hydrazine groups is 1. The van der Waals surface area contributed by atoms with Crippen LogP contribution < -0.4 is 11.3 Å². The number of fused-ring (bicyclic) bond motifs is 1. The van der Waals surface area contributed by atoms with E-state index in [1.54, 1.807) is 12.4 Å². The average Bonchev–Trinajstić information content (AvgIpc) is 2.41. The fourth-order valence-corrected chi connectivity index (χ4v) is 2.98. The zero-order chi connectivity index (χ0) is 13.2. The molecular weight excluding hydrogens is 258 g/mol. The third-order valence-electron chi connectivity index (χ3n) is 3.89. The molecule has 98 valence electrons. The maximum absolute atomic E-state index is 6.16. The quantitative estimate of drug-likeness (QED) is 0.665. The Labute approximate surface area is 117 Å². The van der Waals surface area contributed by atoms with Gasteiger partial charge >= 0.3 is 0 Å². The predicted molar refractivity (Wildman–Crippen MR) is 76.9 cm³/mol. The van der Waals surface area contributed by atoms with Crippen LogP contribution in [0, 0.1) is 0 Å². The number of nitrogens with zero attached hydrogens (tertiary/aromatic N) is 1. The van der Waals surface area contributed by atoms with Crippen molar-refractivity contribution in [2.45, 2.75) is 24.8 Å². The molecule has 0 aliphatic heterocycles. The number of hydrogen-bond acceptors (Lipinski definition) is 3. The molecule has 3 N–H and O–H groups in total. The third kappa shape index (κ3) is 2.37. The van der Waals surface area contributed by atoms with E-state index in [9.17, 15) is 0 Å². The van der Waals surface area contributed by atoms with Crippen LogP contribution in [0.15, 0.2) is 42.7 Å². The van der Waals surface area contributed by atoms with Gasteiger partial charge in [0, 0.05) is 24.4 Å². The van der Waals surface area contributed by atoms with E-state index in [-0.39, 0.29) is 6.04 Å². The van der Waals surface area contributed by atoms with Crippen LogP contribution in [-0.2, 0) is 12.8 Å². The van der Waals surface area contributed by atoms with E-state index >= 15 is 0 Å². The molecule has 2 unspecified atom stereocenters. The fraction of sp³-hybridized carbons (Fsp3) is 0.267. The molecular formula is C15H16ClN3. The maximum Gasteiger partial charge on any atom is 0.0621 e. The monoisotopic (exact) mass is 273 g/mol. The molecule has 4 heteroatoms. The van der Waals surface area contributed by atoms with E-state index in [0.29, 0.717) is 10.9 Å². The van der Waals surface area contributed by atoms with E-state index in [4.69, 9.17) is 17.4 Å². The fourth-order valence-electron chi connectivity index (χ4n) is 2.78. The van der Waals surface area contributed by atoms with Gasteiger partial charge in [-0.3, -0.25) is 16.3 Å². The molecule has 3 nitrogen and oxygen atoms in total. The van der Waals surface area contributed by atoms with Crippen LogP contribution in [0.4, 0.5) is 0 Å². The SMILES string of the molecule is NNC(Cc1ccncc1Cl)C1Cc2ccccc21. The minimum atomic E-state index is 0.204. The van der Waals surface area contributed by atoms with Gasteiger partial charge in [0.2, 0.25) is 0 Å². The number of nitrogens with one attached hydrogen (secondary N) is 1. The van der Waals surface area contributed by atoms with Crippen molar-refractivity contribution in [3.8, 4) is 0 Å². The zero-order valence-corrected chi connectivity index (χ0v) is 11.3. The first-order chi connectivity index (χ1) is 9.29. The Hall–Kier alpha value is -1.42. The molecule has 1 heterocycles. The molecule has 19 heavy (non-hydrogen) atoms. The molecule has 0 bridgehead atoms. The molecule has 1 aromatic carbocycles. The summed E-state index contributed by atoms with van der Waals surface area (Å²) in [5.74, 6) is 6.19.